The van der Waals surface area contributed by atoms with Crippen LogP contribution < -0.4 is 10.6 Å². The molecule has 2 aliphatic heterocycles. The lowest BCUT2D eigenvalue weighted by Gasteiger charge is -2.31. The fourth-order valence-corrected chi connectivity index (χ4v) is 7.87. The second-order valence-corrected chi connectivity index (χ2v) is 14.9. The molecular formula is C43H56N2O8. The number of hydrogen-bond acceptors (Lipinski definition) is 8. The number of ether oxygens (including phenoxy) is 4. The van der Waals surface area contributed by atoms with Gasteiger partial charge in [-0.05, 0) is 73.4 Å². The van der Waals surface area contributed by atoms with Crippen LogP contribution in [0.2, 0.25) is 0 Å². The lowest BCUT2D eigenvalue weighted by molar-refractivity contribution is -0.190. The van der Waals surface area contributed by atoms with Crippen molar-refractivity contribution in [3.05, 3.63) is 88.5 Å². The summed E-state index contributed by atoms with van der Waals surface area (Å²) in [5, 5.41) is 14.7. The third-order valence-corrected chi connectivity index (χ3v) is 10.9. The number of aliphatic hydroxyl groups excluding tert-OH is 1. The summed E-state index contributed by atoms with van der Waals surface area (Å²) >= 11 is 0. The first-order valence-corrected chi connectivity index (χ1v) is 19.8. The number of allylic oxidation sites excluding steroid dienone is 1. The van der Waals surface area contributed by atoms with Crippen LogP contribution >= 0.6 is 0 Å². The van der Waals surface area contributed by atoms with Crippen molar-refractivity contribution in [3.8, 4) is 0 Å². The van der Waals surface area contributed by atoms with Gasteiger partial charge in [0.05, 0.1) is 24.4 Å². The van der Waals surface area contributed by atoms with Gasteiger partial charge >= 0.3 is 5.97 Å². The van der Waals surface area contributed by atoms with E-state index in [0.717, 1.165) is 81.8 Å². The van der Waals surface area contributed by atoms with E-state index in [9.17, 15) is 14.4 Å². The van der Waals surface area contributed by atoms with Crippen molar-refractivity contribution in [3.63, 3.8) is 0 Å². The fraction of sp³-hybridized carbons (Fsp3) is 0.558. The van der Waals surface area contributed by atoms with Crippen molar-refractivity contribution in [2.75, 3.05) is 13.2 Å². The number of aliphatic hydroxyl groups is 1. The molecule has 3 fully saturated rings. The zero-order valence-electron chi connectivity index (χ0n) is 31.2. The monoisotopic (exact) mass is 728 g/mol. The Morgan fingerprint density at radius 3 is 2.47 bits per heavy atom. The summed E-state index contributed by atoms with van der Waals surface area (Å²) in [6.07, 6.45) is 16.0. The van der Waals surface area contributed by atoms with E-state index in [4.69, 9.17) is 24.1 Å². The van der Waals surface area contributed by atoms with Crippen LogP contribution in [0.5, 0.6) is 0 Å². The second-order valence-electron chi connectivity index (χ2n) is 14.9. The van der Waals surface area contributed by atoms with Crippen LogP contribution in [-0.4, -0.2) is 72.3 Å². The fourth-order valence-electron chi connectivity index (χ4n) is 7.87. The lowest BCUT2D eigenvalue weighted by atomic mass is 9.88. The molecule has 3 N–H and O–H groups in total. The zero-order valence-corrected chi connectivity index (χ0v) is 31.2. The third kappa shape index (κ3) is 10.2. The van der Waals surface area contributed by atoms with E-state index in [-0.39, 0.29) is 37.9 Å². The van der Waals surface area contributed by atoms with E-state index in [2.05, 4.69) is 30.6 Å². The van der Waals surface area contributed by atoms with Crippen molar-refractivity contribution < 1.29 is 38.4 Å². The largest absolute Gasteiger partial charge is 0.456 e. The number of benzene rings is 2. The van der Waals surface area contributed by atoms with Gasteiger partial charge in [0.15, 0.2) is 5.79 Å². The first-order chi connectivity index (χ1) is 25.8. The van der Waals surface area contributed by atoms with Crippen LogP contribution in [-0.2, 0) is 30.3 Å². The number of hydrogen-bond donors (Lipinski definition) is 3. The number of amides is 2. The van der Waals surface area contributed by atoms with E-state index >= 15 is 0 Å². The number of fused-ring (bicyclic) bond motifs is 2. The summed E-state index contributed by atoms with van der Waals surface area (Å²) in [7, 11) is 0. The highest BCUT2D eigenvalue weighted by Gasteiger charge is 2.52. The Balaban J connectivity index is 1.20. The maximum atomic E-state index is 14.0. The summed E-state index contributed by atoms with van der Waals surface area (Å²) in [5.41, 5.74) is 2.92. The molecule has 6 unspecified atom stereocenters. The summed E-state index contributed by atoms with van der Waals surface area (Å²) in [6, 6.07) is 14.5. The molecule has 2 aromatic carbocycles. The molecule has 2 aliphatic carbocycles. The van der Waals surface area contributed by atoms with E-state index in [1.54, 1.807) is 24.3 Å². The van der Waals surface area contributed by atoms with Crippen LogP contribution in [0.3, 0.4) is 0 Å². The van der Waals surface area contributed by atoms with Gasteiger partial charge in [0.1, 0.15) is 18.3 Å². The van der Waals surface area contributed by atoms with Crippen molar-refractivity contribution in [1.82, 2.24) is 10.6 Å². The molecule has 0 aromatic heterocycles. The minimum atomic E-state index is -0.811. The van der Waals surface area contributed by atoms with Crippen molar-refractivity contribution in [2.45, 2.75) is 134 Å². The molecular weight excluding hydrogens is 672 g/mol. The molecule has 10 nitrogen and oxygen atoms in total. The topological polar surface area (TPSA) is 136 Å². The molecule has 4 aliphatic rings. The van der Waals surface area contributed by atoms with Crippen LogP contribution in [0.4, 0.5) is 0 Å². The molecule has 2 aromatic rings. The summed E-state index contributed by atoms with van der Waals surface area (Å²) in [6.45, 7) is 4.54. The van der Waals surface area contributed by atoms with E-state index in [1.165, 1.54) is 0 Å². The molecule has 10 heteroatoms. The highest BCUT2D eigenvalue weighted by molar-refractivity contribution is 5.96. The van der Waals surface area contributed by atoms with Crippen molar-refractivity contribution in [2.24, 2.45) is 5.92 Å². The normalized spacial score (nSPS) is 25.6. The maximum absolute atomic E-state index is 14.0. The minimum Gasteiger partial charge on any atom is -0.456 e. The van der Waals surface area contributed by atoms with Crippen molar-refractivity contribution >= 4 is 23.9 Å². The first kappa shape index (κ1) is 38.9. The molecule has 1 saturated carbocycles. The molecule has 0 radical (unpaired) electrons. The molecule has 0 spiro atoms. The Hall–Kier alpha value is -3.83. The SMILES string of the molecule is CCCCCC1(CCCCC)OC2C=C(C(=O)NCc3cccc(C(=O)NCCO)c3)CC(OC(=O)c3ccccc3C=CC3CCC4OC4C3)C2O1. The van der Waals surface area contributed by atoms with Crippen LogP contribution in [0.25, 0.3) is 6.08 Å². The van der Waals surface area contributed by atoms with Crippen LogP contribution in [0, 0.1) is 5.92 Å². The predicted octanol–water partition coefficient (Wildman–Crippen LogP) is 6.80. The number of rotatable bonds is 18. The standard InChI is InChI=1S/C43H56N2O8/c1-3-5-9-20-43(21-10-6-4-2)52-38-27-33(41(48)45-28-30-12-11-14-32(24-30)40(47)44-22-23-46)26-37(39(38)53-43)51-42(49)34-15-8-7-13-31(34)18-16-29-17-19-35-36(25-29)50-35/h7-8,11-16,18,24,27,29,35-39,46H,3-6,9-10,17,19-23,25-26,28H2,1-2H3,(H,44,47)(H,45,48). The highest BCUT2D eigenvalue weighted by Crippen LogP contribution is 2.43. The molecule has 6 rings (SSSR count). The Bertz CT molecular complexity index is 1630. The molecule has 0 bridgehead atoms. The molecule has 2 heterocycles. The van der Waals surface area contributed by atoms with Gasteiger partial charge in [-0.1, -0.05) is 82.0 Å². The van der Waals surface area contributed by atoms with Gasteiger partial charge in [-0.3, -0.25) is 9.59 Å². The predicted molar refractivity (Wildman–Crippen MR) is 202 cm³/mol. The van der Waals surface area contributed by atoms with Gasteiger partial charge < -0.3 is 34.7 Å². The average molecular weight is 729 g/mol. The lowest BCUT2D eigenvalue weighted by Crippen LogP contribution is -2.43. The molecule has 2 amide bonds. The zero-order chi connectivity index (χ0) is 37.2. The van der Waals surface area contributed by atoms with E-state index < -0.39 is 30.1 Å². The number of carbonyl (C=O) groups is 3. The molecule has 2 saturated heterocycles. The molecule has 53 heavy (non-hydrogen) atoms. The third-order valence-electron chi connectivity index (χ3n) is 10.9. The summed E-state index contributed by atoms with van der Waals surface area (Å²) in [4.78, 5) is 40.2. The maximum Gasteiger partial charge on any atom is 0.339 e. The molecule has 286 valence electrons. The van der Waals surface area contributed by atoms with Gasteiger partial charge in [0.2, 0.25) is 5.91 Å². The van der Waals surface area contributed by atoms with Crippen molar-refractivity contribution in [1.29, 1.82) is 0 Å². The first-order valence-electron chi connectivity index (χ1n) is 19.8. The number of unbranched alkanes of at least 4 members (excludes halogenated alkanes) is 4. The van der Waals surface area contributed by atoms with Gasteiger partial charge in [-0.15, -0.1) is 0 Å². The Morgan fingerprint density at radius 1 is 0.925 bits per heavy atom. The smallest absolute Gasteiger partial charge is 0.339 e. The average Bonchev–Trinajstić information content (AvgIpc) is 3.86. The summed E-state index contributed by atoms with van der Waals surface area (Å²) in [5.74, 6) is -1.45. The highest BCUT2D eigenvalue weighted by atomic mass is 16.8. The van der Waals surface area contributed by atoms with Gasteiger partial charge in [0, 0.05) is 43.5 Å². The number of epoxide rings is 1. The van der Waals surface area contributed by atoms with Gasteiger partial charge in [-0.25, -0.2) is 4.79 Å². The van der Waals surface area contributed by atoms with E-state index in [1.807, 2.05) is 36.4 Å². The Kier molecular flexibility index (Phi) is 13.6. The van der Waals surface area contributed by atoms with Crippen LogP contribution in [0.15, 0.2) is 66.3 Å². The summed E-state index contributed by atoms with van der Waals surface area (Å²) < 4.78 is 25.6. The second kappa shape index (κ2) is 18.5. The van der Waals surface area contributed by atoms with Gasteiger partial charge in [-0.2, -0.15) is 0 Å². The number of nitrogens with one attached hydrogen (secondary N) is 2. The Morgan fingerprint density at radius 2 is 1.72 bits per heavy atom. The van der Waals surface area contributed by atoms with Crippen LogP contribution in [0.1, 0.15) is 123 Å². The van der Waals surface area contributed by atoms with Gasteiger partial charge in [0.25, 0.3) is 5.91 Å². The quantitative estimate of drug-likeness (QED) is 0.0867. The number of carbonyl (C=O) groups excluding carboxylic acids is 3. The van der Waals surface area contributed by atoms with E-state index in [0.29, 0.717) is 34.8 Å². The Labute approximate surface area is 313 Å². The minimum absolute atomic E-state index is 0.150. The molecule has 6 atom stereocenters. The number of esters is 1.